The zero-order valence-corrected chi connectivity index (χ0v) is 16.2. The standard InChI is InChI=1S/C19H17ClN4O3S/c20-15-4-1-3-14(13-15)5-10-18(25)23-16-6-8-17(9-7-16)28(26,27)24-19-21-11-2-12-22-19/h1-4,6-9,11-13H,5,10H2,(H,23,25)(H,21,22,24). The van der Waals surface area contributed by atoms with Crippen LogP contribution in [-0.4, -0.2) is 24.3 Å². The zero-order chi connectivity index (χ0) is 20.0. The first kappa shape index (κ1) is 19.8. The van der Waals surface area contributed by atoms with Crippen molar-refractivity contribution in [2.75, 3.05) is 10.0 Å². The number of amides is 1. The van der Waals surface area contributed by atoms with Crippen LogP contribution in [0.3, 0.4) is 0 Å². The second-order valence-corrected chi connectivity index (χ2v) is 8.00. The van der Waals surface area contributed by atoms with Gasteiger partial charge in [-0.25, -0.2) is 23.1 Å². The highest BCUT2D eigenvalue weighted by Gasteiger charge is 2.15. The molecule has 2 aromatic carbocycles. The molecule has 0 unspecified atom stereocenters. The Hall–Kier alpha value is -2.97. The van der Waals surface area contributed by atoms with Gasteiger partial charge in [-0.1, -0.05) is 23.7 Å². The van der Waals surface area contributed by atoms with Gasteiger partial charge < -0.3 is 5.32 Å². The van der Waals surface area contributed by atoms with Crippen molar-refractivity contribution in [2.24, 2.45) is 0 Å². The summed E-state index contributed by atoms with van der Waals surface area (Å²) < 4.78 is 27.0. The second-order valence-electron chi connectivity index (χ2n) is 5.88. The highest BCUT2D eigenvalue weighted by Crippen LogP contribution is 2.17. The van der Waals surface area contributed by atoms with Gasteiger partial charge in [-0.3, -0.25) is 4.79 Å². The molecule has 0 aliphatic heterocycles. The summed E-state index contributed by atoms with van der Waals surface area (Å²) in [5.74, 6) is -0.188. The average molecular weight is 417 g/mol. The van der Waals surface area contributed by atoms with Gasteiger partial charge in [0, 0.05) is 29.5 Å². The second kappa shape index (κ2) is 8.81. The molecule has 0 fully saturated rings. The topological polar surface area (TPSA) is 101 Å². The smallest absolute Gasteiger partial charge is 0.264 e. The first-order valence-electron chi connectivity index (χ1n) is 8.36. The third-order valence-corrected chi connectivity index (χ3v) is 5.35. The van der Waals surface area contributed by atoms with Gasteiger partial charge in [0.15, 0.2) is 0 Å². The fraction of sp³-hybridized carbons (Fsp3) is 0.105. The van der Waals surface area contributed by atoms with E-state index < -0.39 is 10.0 Å². The first-order chi connectivity index (χ1) is 13.4. The quantitative estimate of drug-likeness (QED) is 0.613. The largest absolute Gasteiger partial charge is 0.326 e. The fourth-order valence-corrected chi connectivity index (χ4v) is 3.59. The Morgan fingerprint density at radius 3 is 2.39 bits per heavy atom. The Morgan fingerprint density at radius 2 is 1.71 bits per heavy atom. The molecule has 28 heavy (non-hydrogen) atoms. The van der Waals surface area contributed by atoms with Gasteiger partial charge >= 0.3 is 0 Å². The van der Waals surface area contributed by atoms with Crippen LogP contribution in [0.2, 0.25) is 5.02 Å². The first-order valence-corrected chi connectivity index (χ1v) is 10.2. The number of anilines is 2. The summed E-state index contributed by atoms with van der Waals surface area (Å²) >= 11 is 5.93. The Kier molecular flexibility index (Phi) is 6.23. The molecule has 0 atom stereocenters. The van der Waals surface area contributed by atoms with Gasteiger partial charge in [-0.15, -0.1) is 0 Å². The Balaban J connectivity index is 1.58. The van der Waals surface area contributed by atoms with E-state index in [1.54, 1.807) is 12.1 Å². The van der Waals surface area contributed by atoms with Gasteiger partial charge in [0.1, 0.15) is 0 Å². The highest BCUT2D eigenvalue weighted by atomic mass is 35.5. The van der Waals surface area contributed by atoms with E-state index >= 15 is 0 Å². The molecule has 0 spiro atoms. The zero-order valence-electron chi connectivity index (χ0n) is 14.7. The summed E-state index contributed by atoms with van der Waals surface area (Å²) in [6, 6.07) is 14.8. The lowest BCUT2D eigenvalue weighted by Gasteiger charge is -2.08. The van der Waals surface area contributed by atoms with E-state index in [4.69, 9.17) is 11.6 Å². The third-order valence-electron chi connectivity index (χ3n) is 3.77. The molecule has 3 aromatic rings. The minimum absolute atomic E-state index is 0.0131. The van der Waals surface area contributed by atoms with E-state index in [-0.39, 0.29) is 23.2 Å². The van der Waals surface area contributed by atoms with Crippen molar-refractivity contribution in [2.45, 2.75) is 17.7 Å². The minimum Gasteiger partial charge on any atom is -0.326 e. The third kappa shape index (κ3) is 5.51. The molecule has 1 aromatic heterocycles. The molecule has 1 heterocycles. The van der Waals surface area contributed by atoms with Gasteiger partial charge in [0.05, 0.1) is 4.90 Å². The molecule has 0 bridgehead atoms. The van der Waals surface area contributed by atoms with Crippen LogP contribution in [0.4, 0.5) is 11.6 Å². The van der Waals surface area contributed by atoms with Crippen molar-refractivity contribution in [1.82, 2.24) is 9.97 Å². The van der Waals surface area contributed by atoms with Crippen molar-refractivity contribution in [3.63, 3.8) is 0 Å². The molecule has 3 rings (SSSR count). The number of aromatic nitrogens is 2. The molecule has 144 valence electrons. The normalized spacial score (nSPS) is 11.0. The Morgan fingerprint density at radius 1 is 1.00 bits per heavy atom. The number of nitrogens with zero attached hydrogens (tertiary/aromatic N) is 2. The van der Waals surface area contributed by atoms with Crippen LogP contribution in [0, 0.1) is 0 Å². The molecule has 0 saturated heterocycles. The number of carbonyl (C=O) groups excluding carboxylic acids is 1. The summed E-state index contributed by atoms with van der Waals surface area (Å²) in [5.41, 5.74) is 1.48. The lowest BCUT2D eigenvalue weighted by Crippen LogP contribution is -2.15. The number of hydrogen-bond acceptors (Lipinski definition) is 5. The number of benzene rings is 2. The van der Waals surface area contributed by atoms with Crippen molar-refractivity contribution in [1.29, 1.82) is 0 Å². The van der Waals surface area contributed by atoms with Crippen molar-refractivity contribution < 1.29 is 13.2 Å². The monoisotopic (exact) mass is 416 g/mol. The van der Waals surface area contributed by atoms with Crippen LogP contribution < -0.4 is 10.0 Å². The fourth-order valence-electron chi connectivity index (χ4n) is 2.42. The van der Waals surface area contributed by atoms with E-state index in [1.165, 1.54) is 36.7 Å². The van der Waals surface area contributed by atoms with Crippen molar-refractivity contribution in [3.05, 3.63) is 77.6 Å². The van der Waals surface area contributed by atoms with E-state index in [0.29, 0.717) is 17.1 Å². The Labute approximate surface area is 167 Å². The summed E-state index contributed by atoms with van der Waals surface area (Å²) in [6.07, 6.45) is 3.72. The predicted octanol–water partition coefficient (Wildman–Crippen LogP) is 3.50. The van der Waals surface area contributed by atoms with E-state index in [0.717, 1.165) is 5.56 Å². The van der Waals surface area contributed by atoms with E-state index in [9.17, 15) is 13.2 Å². The molecule has 0 saturated carbocycles. The highest BCUT2D eigenvalue weighted by molar-refractivity contribution is 7.92. The van der Waals surface area contributed by atoms with Crippen LogP contribution >= 0.6 is 11.6 Å². The molecule has 0 aliphatic carbocycles. The summed E-state index contributed by atoms with van der Waals surface area (Å²) in [6.45, 7) is 0. The van der Waals surface area contributed by atoms with Crippen LogP contribution in [0.25, 0.3) is 0 Å². The predicted molar refractivity (Wildman–Crippen MR) is 108 cm³/mol. The van der Waals surface area contributed by atoms with Crippen molar-refractivity contribution in [3.8, 4) is 0 Å². The summed E-state index contributed by atoms with van der Waals surface area (Å²) in [4.78, 5) is 19.8. The number of halogens is 1. The van der Waals surface area contributed by atoms with E-state index in [2.05, 4.69) is 20.0 Å². The molecule has 1 amide bonds. The molecule has 0 radical (unpaired) electrons. The lowest BCUT2D eigenvalue weighted by atomic mass is 10.1. The van der Waals surface area contributed by atoms with E-state index in [1.807, 2.05) is 18.2 Å². The SMILES string of the molecule is O=C(CCc1cccc(Cl)c1)Nc1ccc(S(=O)(=O)Nc2ncccn2)cc1. The van der Waals surface area contributed by atoms with Gasteiger partial charge in [-0.05, 0) is 54.4 Å². The average Bonchev–Trinajstić information content (AvgIpc) is 2.67. The van der Waals surface area contributed by atoms with Crippen LogP contribution in [0.1, 0.15) is 12.0 Å². The molecular weight excluding hydrogens is 400 g/mol. The molecule has 0 aliphatic rings. The maximum Gasteiger partial charge on any atom is 0.264 e. The van der Waals surface area contributed by atoms with Crippen LogP contribution in [0.15, 0.2) is 71.9 Å². The number of nitrogens with one attached hydrogen (secondary N) is 2. The van der Waals surface area contributed by atoms with Gasteiger partial charge in [0.25, 0.3) is 10.0 Å². The maximum atomic E-state index is 12.3. The number of carbonyl (C=O) groups is 1. The number of aryl methyl sites for hydroxylation is 1. The van der Waals surface area contributed by atoms with Gasteiger partial charge in [0.2, 0.25) is 11.9 Å². The van der Waals surface area contributed by atoms with Crippen LogP contribution in [0.5, 0.6) is 0 Å². The number of hydrogen-bond donors (Lipinski definition) is 2. The molecule has 9 heteroatoms. The number of rotatable bonds is 7. The maximum absolute atomic E-state index is 12.3. The van der Waals surface area contributed by atoms with Gasteiger partial charge in [-0.2, -0.15) is 0 Å². The molecule has 2 N–H and O–H groups in total. The van der Waals surface area contributed by atoms with Crippen LogP contribution in [-0.2, 0) is 21.2 Å². The summed E-state index contributed by atoms with van der Waals surface area (Å²) in [5, 5.41) is 3.37. The Bertz CT molecular complexity index is 1060. The molecular formula is C19H17ClN4O3S. The number of sulfonamides is 1. The molecule has 7 nitrogen and oxygen atoms in total. The minimum atomic E-state index is -3.81. The van der Waals surface area contributed by atoms with Crippen molar-refractivity contribution >= 4 is 39.2 Å². The summed E-state index contributed by atoms with van der Waals surface area (Å²) in [7, 11) is -3.81. The lowest BCUT2D eigenvalue weighted by molar-refractivity contribution is -0.116.